The summed E-state index contributed by atoms with van der Waals surface area (Å²) in [5.74, 6) is 0.442. The van der Waals surface area contributed by atoms with Crippen LogP contribution >= 0.6 is 0 Å². The minimum Gasteiger partial charge on any atom is -0.551 e. The second-order valence-corrected chi connectivity index (χ2v) is 2.48. The summed E-state index contributed by atoms with van der Waals surface area (Å²) in [6.07, 6.45) is 6.02. The number of imidazole rings is 1. The van der Waals surface area contributed by atoms with Gasteiger partial charge in [0.1, 0.15) is 0 Å². The van der Waals surface area contributed by atoms with E-state index in [-0.39, 0.29) is 32.7 Å². The Morgan fingerprint density at radius 2 is 2.36 bits per heavy atom. The quantitative estimate of drug-likeness (QED) is 0.698. The van der Waals surface area contributed by atoms with E-state index in [0.717, 1.165) is 5.69 Å². The largest absolute Gasteiger partial charge is 0.551 e. The number of hydrogen-bond donors (Lipinski definition) is 0. The van der Waals surface area contributed by atoms with Gasteiger partial charge in [-0.3, -0.25) is 6.20 Å². The van der Waals surface area contributed by atoms with Gasteiger partial charge in [-0.1, -0.05) is 25.7 Å². The number of rotatable bonds is 2. The van der Waals surface area contributed by atoms with E-state index in [1.165, 1.54) is 6.20 Å². The fraction of sp³-hybridized carbons (Fsp3) is 0.375. The molecule has 1 aromatic heterocycles. The van der Waals surface area contributed by atoms with Crippen molar-refractivity contribution < 1.29 is 32.7 Å². The molecule has 0 bridgehead atoms. The zero-order valence-corrected chi connectivity index (χ0v) is 9.62. The van der Waals surface area contributed by atoms with Gasteiger partial charge in [-0.05, 0) is 5.92 Å². The van der Waals surface area contributed by atoms with Gasteiger partial charge in [0, 0.05) is 39.0 Å². The molecular weight excluding hydrogens is 213 g/mol. The van der Waals surface area contributed by atoms with E-state index in [2.05, 4.69) is 25.2 Å². The molecule has 1 rings (SSSR count). The van der Waals surface area contributed by atoms with Crippen LogP contribution in [0.5, 0.6) is 0 Å². The Bertz CT molecular complexity index is 228. The summed E-state index contributed by atoms with van der Waals surface area (Å²) in [5, 5.41) is 0. The molecule has 0 saturated heterocycles. The van der Waals surface area contributed by atoms with E-state index in [9.17, 15) is 0 Å². The maximum absolute atomic E-state index is 5.23. The average molecular weight is 223 g/mol. The molecule has 1 radical (unpaired) electrons. The van der Waals surface area contributed by atoms with Gasteiger partial charge in [0.15, 0.2) is 0 Å². The fourth-order valence-corrected chi connectivity index (χ4v) is 0.670. The Hall–Kier alpha value is 0.0539. The Morgan fingerprint density at radius 1 is 1.73 bits per heavy atom. The van der Waals surface area contributed by atoms with E-state index in [0.29, 0.717) is 5.92 Å². The summed E-state index contributed by atoms with van der Waals surface area (Å²) in [5.41, 5.74) is 1.02. The monoisotopic (exact) mass is 223 g/mol. The molecule has 11 heavy (non-hydrogen) atoms. The Kier molecular flexibility index (Phi) is 4.86. The van der Waals surface area contributed by atoms with E-state index in [1.54, 1.807) is 4.57 Å². The number of aromatic nitrogens is 2. The van der Waals surface area contributed by atoms with E-state index < -0.39 is 0 Å². The average Bonchev–Trinajstić information content (AvgIpc) is 2.34. The summed E-state index contributed by atoms with van der Waals surface area (Å²) >= 11 is 0. The maximum atomic E-state index is 5.23. The molecule has 0 aliphatic heterocycles. The molecule has 1 aromatic rings. The minimum atomic E-state index is 0. The van der Waals surface area contributed by atoms with Crippen molar-refractivity contribution in [2.75, 3.05) is 0 Å². The van der Waals surface area contributed by atoms with Crippen molar-refractivity contribution in [2.45, 2.75) is 19.8 Å². The zero-order chi connectivity index (χ0) is 7.56. The van der Waals surface area contributed by atoms with Gasteiger partial charge in [0.25, 0.3) is 0 Å². The molecule has 0 spiro atoms. The van der Waals surface area contributed by atoms with Crippen LogP contribution in [0.25, 0.3) is 6.20 Å². The Balaban J connectivity index is 0.000001000. The van der Waals surface area contributed by atoms with Crippen LogP contribution in [0.3, 0.4) is 0 Å². The fourth-order valence-electron chi connectivity index (χ4n) is 0.670. The number of hydrogen-bond acceptors (Lipinski definition) is 1. The van der Waals surface area contributed by atoms with Crippen molar-refractivity contribution in [3.05, 3.63) is 24.8 Å². The van der Waals surface area contributed by atoms with Gasteiger partial charge in [0.05, 0.1) is 0 Å². The molecule has 0 aliphatic rings. The molecule has 0 amide bonds. The summed E-state index contributed by atoms with van der Waals surface area (Å²) in [7, 11) is 0. The third-order valence-corrected chi connectivity index (χ3v) is 1.32. The SMILES string of the molecule is [CH-]=Cn1[c-]nc(C(C)C)c1.[Y]. The summed E-state index contributed by atoms with van der Waals surface area (Å²) in [6.45, 7) is 9.39. The van der Waals surface area contributed by atoms with Gasteiger partial charge in [0.2, 0.25) is 0 Å². The Morgan fingerprint density at radius 3 is 2.64 bits per heavy atom. The molecule has 0 unspecified atom stereocenters. The Labute approximate surface area is 92.6 Å². The van der Waals surface area contributed by atoms with E-state index >= 15 is 0 Å². The predicted octanol–water partition coefficient (Wildman–Crippen LogP) is 1.71. The van der Waals surface area contributed by atoms with Gasteiger partial charge >= 0.3 is 0 Å². The van der Waals surface area contributed by atoms with E-state index in [1.807, 2.05) is 6.20 Å². The summed E-state index contributed by atoms with van der Waals surface area (Å²) in [4.78, 5) is 4.01. The second-order valence-electron chi connectivity index (χ2n) is 2.48. The molecule has 0 aliphatic carbocycles. The van der Waals surface area contributed by atoms with Crippen molar-refractivity contribution in [2.24, 2.45) is 0 Å². The van der Waals surface area contributed by atoms with Crippen molar-refractivity contribution in [1.82, 2.24) is 9.55 Å². The van der Waals surface area contributed by atoms with Crippen LogP contribution in [0, 0.1) is 12.9 Å². The second kappa shape index (κ2) is 4.84. The first-order valence-corrected chi connectivity index (χ1v) is 3.25. The molecule has 0 aromatic carbocycles. The van der Waals surface area contributed by atoms with E-state index in [4.69, 9.17) is 6.58 Å². The van der Waals surface area contributed by atoms with Crippen LogP contribution in [0.4, 0.5) is 0 Å². The van der Waals surface area contributed by atoms with Crippen LogP contribution in [0.2, 0.25) is 0 Å². The normalized spacial score (nSPS) is 9.36. The molecule has 2 nitrogen and oxygen atoms in total. The van der Waals surface area contributed by atoms with Crippen molar-refractivity contribution in [1.29, 1.82) is 0 Å². The molecular formula is C8H10N2Y-2. The minimum absolute atomic E-state index is 0. The summed E-state index contributed by atoms with van der Waals surface area (Å²) < 4.78 is 1.62. The van der Waals surface area contributed by atoms with Gasteiger partial charge in [-0.2, -0.15) is 0 Å². The molecule has 1 heterocycles. The van der Waals surface area contributed by atoms with Crippen LogP contribution < -0.4 is 0 Å². The smallest absolute Gasteiger partial charge is 0.0381 e. The number of nitrogens with zero attached hydrogens (tertiary/aromatic N) is 2. The molecule has 0 fully saturated rings. The van der Waals surface area contributed by atoms with Crippen LogP contribution in [-0.2, 0) is 32.7 Å². The van der Waals surface area contributed by atoms with Crippen LogP contribution in [0.1, 0.15) is 25.5 Å². The molecule has 0 atom stereocenters. The molecule has 0 N–H and O–H groups in total. The molecule has 0 saturated carbocycles. The molecule has 57 valence electrons. The standard InChI is InChI=1S/C8H10N2.Y/c1-4-10-5-8(7(2)3)9-6-10;/h1,4-5,7H,2-3H3;/q-2;. The predicted molar refractivity (Wildman–Crippen MR) is 40.2 cm³/mol. The third kappa shape index (κ3) is 2.88. The van der Waals surface area contributed by atoms with Crippen molar-refractivity contribution in [3.8, 4) is 0 Å². The van der Waals surface area contributed by atoms with Gasteiger partial charge in [-0.25, -0.2) is 0 Å². The van der Waals surface area contributed by atoms with Crippen molar-refractivity contribution in [3.63, 3.8) is 0 Å². The van der Waals surface area contributed by atoms with Crippen LogP contribution in [-0.4, -0.2) is 9.55 Å². The van der Waals surface area contributed by atoms with Gasteiger partial charge < -0.3 is 16.1 Å². The van der Waals surface area contributed by atoms with Crippen molar-refractivity contribution >= 4 is 6.20 Å². The first kappa shape index (κ1) is 11.1. The molecule has 3 heteroatoms. The van der Waals surface area contributed by atoms with Gasteiger partial charge in [-0.15, -0.1) is 0 Å². The topological polar surface area (TPSA) is 17.8 Å². The summed E-state index contributed by atoms with van der Waals surface area (Å²) in [6, 6.07) is 0. The third-order valence-electron chi connectivity index (χ3n) is 1.32. The maximum Gasteiger partial charge on any atom is 0.0381 e. The zero-order valence-electron chi connectivity index (χ0n) is 6.78. The first-order chi connectivity index (χ1) is 4.74. The van der Waals surface area contributed by atoms with Crippen LogP contribution in [0.15, 0.2) is 6.20 Å². The first-order valence-electron chi connectivity index (χ1n) is 3.25.